The number of thioether (sulfide) groups is 1. The Labute approximate surface area is 119 Å². The van der Waals surface area contributed by atoms with Gasteiger partial charge in [-0.3, -0.25) is 4.79 Å². The minimum atomic E-state index is -0.488. The molecule has 1 amide bonds. The fraction of sp³-hybridized carbons (Fsp3) is 0.533. The Morgan fingerprint density at radius 2 is 2.16 bits per heavy atom. The van der Waals surface area contributed by atoms with Gasteiger partial charge in [0.05, 0.1) is 5.41 Å². The lowest BCUT2D eigenvalue weighted by Gasteiger charge is -2.26. The molecular weight excluding hydrogens is 256 g/mol. The van der Waals surface area contributed by atoms with Crippen molar-refractivity contribution in [3.63, 3.8) is 0 Å². The fourth-order valence-electron chi connectivity index (χ4n) is 2.75. The highest BCUT2D eigenvalue weighted by Gasteiger charge is 2.44. The Morgan fingerprint density at radius 3 is 2.79 bits per heavy atom. The number of likely N-dealkylation sites (tertiary alicyclic amines) is 1. The SMILES string of the molecule is CCSCCN1CCC(C(N)=O)(c2ccccc2)C1. The normalized spacial score (nSPS) is 23.6. The topological polar surface area (TPSA) is 46.3 Å². The van der Waals surface area contributed by atoms with Crippen LogP contribution >= 0.6 is 11.8 Å². The van der Waals surface area contributed by atoms with E-state index in [4.69, 9.17) is 5.73 Å². The van der Waals surface area contributed by atoms with Crippen LogP contribution in [0.3, 0.4) is 0 Å². The van der Waals surface area contributed by atoms with E-state index < -0.39 is 5.41 Å². The molecule has 1 unspecified atom stereocenters. The Morgan fingerprint density at radius 1 is 1.42 bits per heavy atom. The maximum atomic E-state index is 12.0. The van der Waals surface area contributed by atoms with Gasteiger partial charge in [0.15, 0.2) is 0 Å². The van der Waals surface area contributed by atoms with E-state index in [0.29, 0.717) is 0 Å². The standard InChI is InChI=1S/C15H22N2OS/c1-2-19-11-10-17-9-8-15(12-17,14(16)18)13-6-4-3-5-7-13/h3-7H,2,8-12H2,1H3,(H2,16,18). The first-order valence-corrected chi connectivity index (χ1v) is 8.00. The first-order valence-electron chi connectivity index (χ1n) is 6.84. The maximum absolute atomic E-state index is 12.0. The Balaban J connectivity index is 2.09. The second-order valence-corrected chi connectivity index (χ2v) is 6.43. The van der Waals surface area contributed by atoms with Crippen LogP contribution in [0.15, 0.2) is 30.3 Å². The van der Waals surface area contributed by atoms with Gasteiger partial charge in [-0.1, -0.05) is 37.3 Å². The molecule has 1 saturated heterocycles. The highest BCUT2D eigenvalue weighted by molar-refractivity contribution is 7.99. The summed E-state index contributed by atoms with van der Waals surface area (Å²) < 4.78 is 0. The summed E-state index contributed by atoms with van der Waals surface area (Å²) in [5, 5.41) is 0. The third-order valence-electron chi connectivity index (χ3n) is 3.90. The molecule has 1 aliphatic heterocycles. The lowest BCUT2D eigenvalue weighted by atomic mass is 9.79. The third kappa shape index (κ3) is 3.12. The zero-order valence-corrected chi connectivity index (χ0v) is 12.3. The van der Waals surface area contributed by atoms with E-state index in [0.717, 1.165) is 43.1 Å². The number of carbonyl (C=O) groups is 1. The van der Waals surface area contributed by atoms with Gasteiger partial charge in [-0.2, -0.15) is 11.8 Å². The molecule has 0 radical (unpaired) electrons. The van der Waals surface area contributed by atoms with Crippen molar-refractivity contribution < 1.29 is 4.79 Å². The second-order valence-electron chi connectivity index (χ2n) is 5.04. The zero-order chi connectivity index (χ0) is 13.7. The highest BCUT2D eigenvalue weighted by atomic mass is 32.2. The van der Waals surface area contributed by atoms with Crippen molar-refractivity contribution in [1.29, 1.82) is 0 Å². The molecule has 1 fully saturated rings. The van der Waals surface area contributed by atoms with Crippen LogP contribution in [0.1, 0.15) is 18.9 Å². The molecule has 1 aliphatic rings. The average molecular weight is 278 g/mol. The van der Waals surface area contributed by atoms with Crippen LogP contribution in [-0.4, -0.2) is 41.9 Å². The molecule has 0 bridgehead atoms. The van der Waals surface area contributed by atoms with Crippen LogP contribution in [0, 0.1) is 0 Å². The van der Waals surface area contributed by atoms with E-state index in [9.17, 15) is 4.79 Å². The number of carbonyl (C=O) groups excluding carboxylic acids is 1. The van der Waals surface area contributed by atoms with E-state index >= 15 is 0 Å². The Bertz CT molecular complexity index is 423. The first kappa shape index (κ1) is 14.4. The van der Waals surface area contributed by atoms with Crippen LogP contribution in [0.4, 0.5) is 0 Å². The first-order chi connectivity index (χ1) is 9.19. The second kappa shape index (κ2) is 6.44. The van der Waals surface area contributed by atoms with E-state index in [1.807, 2.05) is 42.1 Å². The molecule has 1 heterocycles. The van der Waals surface area contributed by atoms with E-state index in [-0.39, 0.29) is 5.91 Å². The Hall–Kier alpha value is -1.00. The van der Waals surface area contributed by atoms with Gasteiger partial charge >= 0.3 is 0 Å². The van der Waals surface area contributed by atoms with Crippen molar-refractivity contribution in [3.05, 3.63) is 35.9 Å². The minimum Gasteiger partial charge on any atom is -0.369 e. The summed E-state index contributed by atoms with van der Waals surface area (Å²) in [5.74, 6) is 2.08. The fourth-order valence-corrected chi connectivity index (χ4v) is 3.43. The lowest BCUT2D eigenvalue weighted by molar-refractivity contribution is -0.123. The number of primary amides is 1. The molecule has 104 valence electrons. The number of hydrogen-bond donors (Lipinski definition) is 1. The number of nitrogens with two attached hydrogens (primary N) is 1. The van der Waals surface area contributed by atoms with Crippen molar-refractivity contribution in [1.82, 2.24) is 4.90 Å². The molecule has 1 aromatic rings. The maximum Gasteiger partial charge on any atom is 0.229 e. The van der Waals surface area contributed by atoms with Gasteiger partial charge in [0.1, 0.15) is 0 Å². The molecule has 0 aromatic heterocycles. The van der Waals surface area contributed by atoms with Crippen LogP contribution in [0.25, 0.3) is 0 Å². The molecule has 0 saturated carbocycles. The van der Waals surface area contributed by atoms with Crippen molar-refractivity contribution in [2.24, 2.45) is 5.73 Å². The number of benzene rings is 1. The highest BCUT2D eigenvalue weighted by Crippen LogP contribution is 2.34. The molecule has 2 rings (SSSR count). The molecule has 0 aliphatic carbocycles. The molecule has 2 N–H and O–H groups in total. The van der Waals surface area contributed by atoms with Gasteiger partial charge in [0.25, 0.3) is 0 Å². The Kier molecular flexibility index (Phi) is 4.88. The van der Waals surface area contributed by atoms with Gasteiger partial charge in [-0.25, -0.2) is 0 Å². The quantitative estimate of drug-likeness (QED) is 0.808. The summed E-state index contributed by atoms with van der Waals surface area (Å²) in [6, 6.07) is 9.98. The summed E-state index contributed by atoms with van der Waals surface area (Å²) >= 11 is 1.94. The lowest BCUT2D eigenvalue weighted by Crippen LogP contribution is -2.43. The summed E-state index contributed by atoms with van der Waals surface area (Å²) in [5.41, 5.74) is 6.29. The zero-order valence-electron chi connectivity index (χ0n) is 11.5. The molecule has 3 nitrogen and oxygen atoms in total. The van der Waals surface area contributed by atoms with E-state index in [1.165, 1.54) is 0 Å². The van der Waals surface area contributed by atoms with Crippen LogP contribution in [-0.2, 0) is 10.2 Å². The van der Waals surface area contributed by atoms with E-state index in [1.54, 1.807) is 0 Å². The minimum absolute atomic E-state index is 0.190. The molecule has 19 heavy (non-hydrogen) atoms. The molecule has 1 atom stereocenters. The molecule has 1 aromatic carbocycles. The summed E-state index contributed by atoms with van der Waals surface area (Å²) in [4.78, 5) is 14.4. The van der Waals surface area contributed by atoms with Crippen molar-refractivity contribution in [3.8, 4) is 0 Å². The number of amides is 1. The molecule has 4 heteroatoms. The summed E-state index contributed by atoms with van der Waals surface area (Å²) in [7, 11) is 0. The average Bonchev–Trinajstić information content (AvgIpc) is 2.86. The van der Waals surface area contributed by atoms with Crippen molar-refractivity contribution in [2.45, 2.75) is 18.8 Å². The van der Waals surface area contributed by atoms with Gasteiger partial charge in [-0.15, -0.1) is 0 Å². The van der Waals surface area contributed by atoms with Crippen LogP contribution in [0.2, 0.25) is 0 Å². The van der Waals surface area contributed by atoms with Crippen molar-refractivity contribution >= 4 is 17.7 Å². The third-order valence-corrected chi connectivity index (χ3v) is 4.78. The molecule has 0 spiro atoms. The predicted molar refractivity (Wildman–Crippen MR) is 81.4 cm³/mol. The van der Waals surface area contributed by atoms with Gasteiger partial charge in [0.2, 0.25) is 5.91 Å². The molecular formula is C15H22N2OS. The summed E-state index contributed by atoms with van der Waals surface area (Å²) in [6.45, 7) is 4.94. The number of hydrogen-bond acceptors (Lipinski definition) is 3. The van der Waals surface area contributed by atoms with Gasteiger partial charge in [-0.05, 0) is 24.3 Å². The van der Waals surface area contributed by atoms with E-state index in [2.05, 4.69) is 11.8 Å². The number of nitrogens with zero attached hydrogens (tertiary/aromatic N) is 1. The largest absolute Gasteiger partial charge is 0.369 e. The predicted octanol–water partition coefficient (Wildman–Crippen LogP) is 1.87. The monoisotopic (exact) mass is 278 g/mol. The van der Waals surface area contributed by atoms with Gasteiger partial charge in [0, 0.05) is 18.8 Å². The van der Waals surface area contributed by atoms with Gasteiger partial charge < -0.3 is 10.6 Å². The number of rotatable bonds is 6. The van der Waals surface area contributed by atoms with Crippen LogP contribution in [0.5, 0.6) is 0 Å². The summed E-state index contributed by atoms with van der Waals surface area (Å²) in [6.07, 6.45) is 0.836. The van der Waals surface area contributed by atoms with Crippen LogP contribution < -0.4 is 5.73 Å². The van der Waals surface area contributed by atoms with Crippen molar-refractivity contribution in [2.75, 3.05) is 31.1 Å². The smallest absolute Gasteiger partial charge is 0.229 e.